The summed E-state index contributed by atoms with van der Waals surface area (Å²) in [6.07, 6.45) is 6.48. The van der Waals surface area contributed by atoms with E-state index in [-0.39, 0.29) is 28.0 Å². The van der Waals surface area contributed by atoms with Gasteiger partial charge in [-0.1, -0.05) is 28.9 Å². The summed E-state index contributed by atoms with van der Waals surface area (Å²) in [7, 11) is 1.43. The van der Waals surface area contributed by atoms with Crippen LogP contribution in [0.4, 0.5) is 5.13 Å². The Morgan fingerprint density at radius 1 is 1.24 bits per heavy atom. The molecule has 1 aliphatic carbocycles. The number of halogens is 1. The number of thiazole rings is 1. The Hall–Kier alpha value is -4.34. The lowest BCUT2D eigenvalue weighted by molar-refractivity contribution is -0.118. The molecule has 0 atom stereocenters. The summed E-state index contributed by atoms with van der Waals surface area (Å²) in [4.78, 5) is 55.1. The molecule has 37 heavy (non-hydrogen) atoms. The van der Waals surface area contributed by atoms with Gasteiger partial charge in [-0.3, -0.25) is 19.7 Å². The number of nitrogens with zero attached hydrogens (tertiary/aromatic N) is 5. The molecule has 4 heterocycles. The zero-order valence-electron chi connectivity index (χ0n) is 19.3. The molecule has 3 N–H and O–H groups in total. The summed E-state index contributed by atoms with van der Waals surface area (Å²) < 4.78 is 6.47. The smallest absolute Gasteiger partial charge is 0.258 e. The summed E-state index contributed by atoms with van der Waals surface area (Å²) >= 11 is 7.23. The molecule has 0 radical (unpaired) electrons. The second-order valence-corrected chi connectivity index (χ2v) is 9.51. The van der Waals surface area contributed by atoms with Gasteiger partial charge in [-0.05, 0) is 24.8 Å². The van der Waals surface area contributed by atoms with Crippen molar-refractivity contribution in [2.75, 3.05) is 12.4 Å². The molecule has 5 rings (SSSR count). The number of methoxy groups -OCH3 is 1. The van der Waals surface area contributed by atoms with Crippen molar-refractivity contribution in [3.63, 3.8) is 0 Å². The van der Waals surface area contributed by atoms with Crippen molar-refractivity contribution in [1.82, 2.24) is 24.5 Å². The number of primary amides is 1. The number of amides is 2. The number of hydrogen-bond acceptors (Lipinski definition) is 9. The lowest BCUT2D eigenvalue weighted by Gasteiger charge is -2.15. The Morgan fingerprint density at radius 3 is 2.78 bits per heavy atom. The third-order valence-electron chi connectivity index (χ3n) is 5.37. The minimum absolute atomic E-state index is 0.00227. The van der Waals surface area contributed by atoms with Crippen LogP contribution < -0.4 is 21.3 Å². The summed E-state index contributed by atoms with van der Waals surface area (Å²) in [6.45, 7) is -0.379. The number of anilines is 1. The van der Waals surface area contributed by atoms with Crippen molar-refractivity contribution in [2.45, 2.75) is 19.4 Å². The van der Waals surface area contributed by atoms with E-state index >= 15 is 0 Å². The molecule has 1 fully saturated rings. The first-order chi connectivity index (χ1) is 17.8. The van der Waals surface area contributed by atoms with Gasteiger partial charge in [0, 0.05) is 29.3 Å². The van der Waals surface area contributed by atoms with Crippen molar-refractivity contribution in [1.29, 1.82) is 0 Å². The van der Waals surface area contributed by atoms with Crippen molar-refractivity contribution in [3.05, 3.63) is 57.5 Å². The molecule has 1 aliphatic rings. The van der Waals surface area contributed by atoms with Gasteiger partial charge in [0.05, 0.1) is 25.1 Å². The monoisotopic (exact) mass is 535 g/mol. The average molecular weight is 536 g/mol. The van der Waals surface area contributed by atoms with Gasteiger partial charge in [0.25, 0.3) is 11.5 Å². The zero-order valence-corrected chi connectivity index (χ0v) is 20.9. The van der Waals surface area contributed by atoms with Gasteiger partial charge in [0.2, 0.25) is 5.91 Å². The van der Waals surface area contributed by atoms with Gasteiger partial charge in [-0.15, -0.1) is 0 Å². The molecular weight excluding hydrogens is 518 g/mol. The van der Waals surface area contributed by atoms with Crippen LogP contribution in [0.15, 0.2) is 35.5 Å². The van der Waals surface area contributed by atoms with E-state index < -0.39 is 17.4 Å². The standard InChI is InChI=1S/C24H18ClN7O4S/c1-36-17-9-27-18(25)6-14(17)16-10-32(11-19(26)33)20(34)7-15(16)22(35)31-24-30-21-23(37-24)29-13(8-28-21)5-4-12-2-3-12/h6-10,12H,2-3,11H2,1H3,(H2,26,33)(H,28,30,31,35). The second-order valence-electron chi connectivity index (χ2n) is 8.14. The van der Waals surface area contributed by atoms with Gasteiger partial charge in [-0.25, -0.2) is 15.0 Å². The topological polar surface area (TPSA) is 155 Å². The maximum Gasteiger partial charge on any atom is 0.258 e. The molecule has 1 saturated carbocycles. The first-order valence-electron chi connectivity index (χ1n) is 11.0. The number of carbonyl (C=O) groups is 2. The lowest BCUT2D eigenvalue weighted by atomic mass is 10.0. The van der Waals surface area contributed by atoms with Crippen LogP contribution in [0, 0.1) is 17.8 Å². The molecule has 0 saturated heterocycles. The molecule has 0 bridgehead atoms. The van der Waals surface area contributed by atoms with Crippen LogP contribution in [0.1, 0.15) is 28.9 Å². The molecule has 4 aromatic heterocycles. The molecule has 0 aliphatic heterocycles. The highest BCUT2D eigenvalue weighted by Gasteiger charge is 2.21. The van der Waals surface area contributed by atoms with E-state index in [0.29, 0.717) is 33.4 Å². The predicted octanol–water partition coefficient (Wildman–Crippen LogP) is 2.47. The van der Waals surface area contributed by atoms with Crippen molar-refractivity contribution in [2.24, 2.45) is 11.7 Å². The molecule has 0 spiro atoms. The first-order valence-corrected chi connectivity index (χ1v) is 12.2. The van der Waals surface area contributed by atoms with Gasteiger partial charge >= 0.3 is 0 Å². The minimum atomic E-state index is -0.722. The van der Waals surface area contributed by atoms with E-state index in [1.807, 2.05) is 0 Å². The van der Waals surface area contributed by atoms with Crippen LogP contribution in [0.5, 0.6) is 5.75 Å². The Balaban J connectivity index is 1.53. The number of hydrogen-bond donors (Lipinski definition) is 2. The Labute approximate surface area is 218 Å². The van der Waals surface area contributed by atoms with Crippen LogP contribution in [-0.2, 0) is 11.3 Å². The quantitative estimate of drug-likeness (QED) is 0.282. The molecule has 2 amide bonds. The molecule has 13 heteroatoms. The lowest BCUT2D eigenvalue weighted by Crippen LogP contribution is -2.29. The number of pyridine rings is 2. The van der Waals surface area contributed by atoms with Crippen molar-refractivity contribution >= 4 is 50.4 Å². The highest BCUT2D eigenvalue weighted by Crippen LogP contribution is 2.34. The van der Waals surface area contributed by atoms with Gasteiger partial charge in [0.1, 0.15) is 23.1 Å². The SMILES string of the molecule is COc1cnc(Cl)cc1-c1cn(CC(N)=O)c(=O)cc1C(=O)Nc1nc2ncc(C#CC3CC3)nc2s1. The first kappa shape index (κ1) is 24.4. The van der Waals surface area contributed by atoms with Crippen LogP contribution >= 0.6 is 22.9 Å². The molecule has 11 nitrogen and oxygen atoms in total. The van der Waals surface area contributed by atoms with E-state index in [1.165, 1.54) is 25.6 Å². The third-order valence-corrected chi connectivity index (χ3v) is 6.43. The van der Waals surface area contributed by atoms with E-state index in [1.54, 1.807) is 6.20 Å². The minimum Gasteiger partial charge on any atom is -0.494 e. The van der Waals surface area contributed by atoms with Crippen LogP contribution in [0.2, 0.25) is 5.15 Å². The van der Waals surface area contributed by atoms with Gasteiger partial charge < -0.3 is 15.0 Å². The highest BCUT2D eigenvalue weighted by atomic mass is 35.5. The summed E-state index contributed by atoms with van der Waals surface area (Å²) in [6, 6.07) is 2.60. The number of nitrogens with two attached hydrogens (primary N) is 1. The summed E-state index contributed by atoms with van der Waals surface area (Å²) in [5.41, 5.74) is 6.24. The molecular formula is C24H18ClN7O4S. The van der Waals surface area contributed by atoms with E-state index in [4.69, 9.17) is 22.1 Å². The van der Waals surface area contributed by atoms with E-state index in [0.717, 1.165) is 34.8 Å². The van der Waals surface area contributed by atoms with Gasteiger partial charge in [0.15, 0.2) is 15.6 Å². The number of ether oxygens (including phenoxy) is 1. The van der Waals surface area contributed by atoms with E-state index in [9.17, 15) is 14.4 Å². The number of fused-ring (bicyclic) bond motifs is 1. The summed E-state index contributed by atoms with van der Waals surface area (Å²) in [5.74, 6) is 5.53. The van der Waals surface area contributed by atoms with Crippen LogP contribution in [0.25, 0.3) is 21.6 Å². The molecule has 186 valence electrons. The highest BCUT2D eigenvalue weighted by molar-refractivity contribution is 7.21. The number of rotatable bonds is 6. The van der Waals surface area contributed by atoms with Crippen molar-refractivity contribution in [3.8, 4) is 28.7 Å². The fourth-order valence-electron chi connectivity index (χ4n) is 3.46. The predicted molar refractivity (Wildman–Crippen MR) is 137 cm³/mol. The summed E-state index contributed by atoms with van der Waals surface area (Å²) in [5, 5.41) is 3.07. The van der Waals surface area contributed by atoms with Crippen molar-refractivity contribution < 1.29 is 14.3 Å². The fraction of sp³-hybridized carbons (Fsp3) is 0.208. The van der Waals surface area contributed by atoms with Crippen LogP contribution in [-0.4, -0.2) is 43.4 Å². The number of nitrogens with one attached hydrogen (secondary N) is 1. The third kappa shape index (κ3) is 5.42. The molecule has 4 aromatic rings. The average Bonchev–Trinajstić information content (AvgIpc) is 3.61. The molecule has 0 aromatic carbocycles. The second kappa shape index (κ2) is 9.96. The van der Waals surface area contributed by atoms with Crippen LogP contribution in [0.3, 0.4) is 0 Å². The zero-order chi connectivity index (χ0) is 26.1. The molecule has 0 unspecified atom stereocenters. The maximum atomic E-state index is 13.4. The van der Waals surface area contributed by atoms with Gasteiger partial charge in [-0.2, -0.15) is 4.98 Å². The van der Waals surface area contributed by atoms with E-state index in [2.05, 4.69) is 37.1 Å². The number of carbonyl (C=O) groups excluding carboxylic acids is 2. The maximum absolute atomic E-state index is 13.4. The fourth-order valence-corrected chi connectivity index (χ4v) is 4.41. The Morgan fingerprint density at radius 2 is 2.05 bits per heavy atom. The normalized spacial score (nSPS) is 12.6. The Bertz CT molecular complexity index is 1680. The largest absolute Gasteiger partial charge is 0.494 e. The Kier molecular flexibility index (Phi) is 6.56. The number of aromatic nitrogens is 5.